The fraction of sp³-hybridized carbons (Fsp3) is 0.0667. The molecule has 0 spiro atoms. The molecule has 3 amide bonds. The highest BCUT2D eigenvalue weighted by atomic mass is 16.2. The van der Waals surface area contributed by atoms with Gasteiger partial charge < -0.3 is 10.6 Å². The summed E-state index contributed by atoms with van der Waals surface area (Å²) < 4.78 is 0. The molecule has 1 fully saturated rings. The van der Waals surface area contributed by atoms with Crippen LogP contribution in [0.5, 0.6) is 0 Å². The molecule has 5 heteroatoms. The lowest BCUT2D eigenvalue weighted by Crippen LogP contribution is -2.50. The Balaban J connectivity index is 2.05. The van der Waals surface area contributed by atoms with Crippen molar-refractivity contribution in [3.05, 3.63) is 66.2 Å². The minimum absolute atomic E-state index is 0.419. The first-order chi connectivity index (χ1) is 9.71. The molecule has 1 atom stereocenters. The molecule has 1 unspecified atom stereocenters. The second kappa shape index (κ2) is 4.70. The number of benzene rings is 2. The van der Waals surface area contributed by atoms with E-state index in [2.05, 4.69) is 16.0 Å². The summed E-state index contributed by atoms with van der Waals surface area (Å²) in [6, 6.07) is 17.8. The minimum atomic E-state index is -1.28. The molecular formula is C15H13N3O2. The summed E-state index contributed by atoms with van der Waals surface area (Å²) in [5.74, 6) is -0.419. The fourth-order valence-corrected chi connectivity index (χ4v) is 2.24. The summed E-state index contributed by atoms with van der Waals surface area (Å²) >= 11 is 0. The first kappa shape index (κ1) is 12.2. The molecule has 3 rings (SSSR count). The highest BCUT2D eigenvalue weighted by Crippen LogP contribution is 2.26. The Kier molecular flexibility index (Phi) is 2.87. The van der Waals surface area contributed by atoms with E-state index < -0.39 is 17.6 Å². The molecule has 0 aliphatic carbocycles. The molecule has 2 aromatic rings. The maximum Gasteiger partial charge on any atom is 0.324 e. The summed E-state index contributed by atoms with van der Waals surface area (Å²) in [4.78, 5) is 23.8. The monoisotopic (exact) mass is 267 g/mol. The van der Waals surface area contributed by atoms with Crippen LogP contribution in [0, 0.1) is 0 Å². The van der Waals surface area contributed by atoms with Crippen LogP contribution in [0.4, 0.5) is 10.5 Å². The van der Waals surface area contributed by atoms with E-state index in [-0.39, 0.29) is 0 Å². The lowest BCUT2D eigenvalue weighted by Gasteiger charge is -2.28. The number of imide groups is 1. The number of hydrogen-bond acceptors (Lipinski definition) is 3. The van der Waals surface area contributed by atoms with Gasteiger partial charge in [-0.1, -0.05) is 48.5 Å². The Morgan fingerprint density at radius 2 is 1.45 bits per heavy atom. The molecule has 3 N–H and O–H groups in total. The molecule has 1 saturated heterocycles. The highest BCUT2D eigenvalue weighted by Gasteiger charge is 2.47. The molecule has 1 aliphatic heterocycles. The third-order valence-electron chi connectivity index (χ3n) is 3.18. The van der Waals surface area contributed by atoms with E-state index in [1.165, 1.54) is 0 Å². The predicted molar refractivity (Wildman–Crippen MR) is 74.9 cm³/mol. The largest absolute Gasteiger partial charge is 0.351 e. The maximum absolute atomic E-state index is 12.3. The zero-order chi connectivity index (χ0) is 14.0. The summed E-state index contributed by atoms with van der Waals surface area (Å²) in [6.07, 6.45) is 0. The van der Waals surface area contributed by atoms with Crippen LogP contribution in [0.3, 0.4) is 0 Å². The van der Waals surface area contributed by atoms with Crippen molar-refractivity contribution < 1.29 is 9.59 Å². The normalized spacial score (nSPS) is 21.2. The summed E-state index contributed by atoms with van der Waals surface area (Å²) in [6.45, 7) is 0. The summed E-state index contributed by atoms with van der Waals surface area (Å²) in [5.41, 5.74) is 0.139. The second-order valence-corrected chi connectivity index (χ2v) is 4.52. The molecule has 2 aromatic carbocycles. The van der Waals surface area contributed by atoms with Crippen LogP contribution in [-0.4, -0.2) is 11.9 Å². The van der Waals surface area contributed by atoms with Gasteiger partial charge in [0.05, 0.1) is 0 Å². The molecule has 5 nitrogen and oxygen atoms in total. The summed E-state index contributed by atoms with van der Waals surface area (Å²) in [5, 5.41) is 8.05. The van der Waals surface area contributed by atoms with Crippen LogP contribution in [-0.2, 0) is 10.5 Å². The Hall–Kier alpha value is -2.82. The maximum atomic E-state index is 12.3. The lowest BCUT2D eigenvalue weighted by atomic mass is 9.99. The van der Waals surface area contributed by atoms with Gasteiger partial charge in [-0.15, -0.1) is 0 Å². The third kappa shape index (κ3) is 1.99. The molecule has 20 heavy (non-hydrogen) atoms. The third-order valence-corrected chi connectivity index (χ3v) is 3.18. The van der Waals surface area contributed by atoms with Gasteiger partial charge in [-0.05, 0) is 12.1 Å². The van der Waals surface area contributed by atoms with Crippen molar-refractivity contribution in [1.82, 2.24) is 10.6 Å². The zero-order valence-corrected chi connectivity index (χ0v) is 10.6. The Morgan fingerprint density at radius 3 is 2.00 bits per heavy atom. The number of para-hydroxylation sites is 1. The van der Waals surface area contributed by atoms with Crippen LogP contribution in [0.25, 0.3) is 0 Å². The van der Waals surface area contributed by atoms with Gasteiger partial charge in [0.2, 0.25) is 5.66 Å². The van der Waals surface area contributed by atoms with Gasteiger partial charge in [0.25, 0.3) is 5.91 Å². The molecule has 0 bridgehead atoms. The molecule has 0 saturated carbocycles. The number of amides is 3. The standard InChI is InChI=1S/C15H13N3O2/c19-13-15(18-14(20)16-13,11-7-3-1-4-8-11)17-12-9-5-2-6-10-12/h1-10,17H,(H2,16,18,19,20). The Morgan fingerprint density at radius 1 is 0.850 bits per heavy atom. The molecule has 0 radical (unpaired) electrons. The average Bonchev–Trinajstić information content (AvgIpc) is 2.76. The van der Waals surface area contributed by atoms with Crippen LogP contribution in [0.1, 0.15) is 5.56 Å². The van der Waals surface area contributed by atoms with Gasteiger partial charge in [-0.2, -0.15) is 0 Å². The number of urea groups is 1. The zero-order valence-electron chi connectivity index (χ0n) is 10.6. The van der Waals surface area contributed by atoms with Gasteiger partial charge in [-0.3, -0.25) is 10.1 Å². The Bertz CT molecular complexity index is 643. The van der Waals surface area contributed by atoms with E-state index >= 15 is 0 Å². The van der Waals surface area contributed by atoms with Crippen LogP contribution in [0.15, 0.2) is 60.7 Å². The number of nitrogens with one attached hydrogen (secondary N) is 3. The van der Waals surface area contributed by atoms with E-state index in [1.54, 1.807) is 12.1 Å². The van der Waals surface area contributed by atoms with E-state index in [4.69, 9.17) is 0 Å². The summed E-state index contributed by atoms with van der Waals surface area (Å²) in [7, 11) is 0. The number of rotatable bonds is 3. The number of carbonyl (C=O) groups excluding carboxylic acids is 2. The van der Waals surface area contributed by atoms with Crippen LogP contribution in [0.2, 0.25) is 0 Å². The van der Waals surface area contributed by atoms with Crippen molar-refractivity contribution in [2.45, 2.75) is 5.66 Å². The van der Waals surface area contributed by atoms with Gasteiger partial charge in [0.15, 0.2) is 0 Å². The van der Waals surface area contributed by atoms with Crippen molar-refractivity contribution in [2.24, 2.45) is 0 Å². The van der Waals surface area contributed by atoms with Crippen molar-refractivity contribution in [1.29, 1.82) is 0 Å². The first-order valence-electron chi connectivity index (χ1n) is 6.23. The topological polar surface area (TPSA) is 70.2 Å². The molecule has 1 aliphatic rings. The molecular weight excluding hydrogens is 254 g/mol. The molecule has 1 heterocycles. The van der Waals surface area contributed by atoms with E-state index in [9.17, 15) is 9.59 Å². The highest BCUT2D eigenvalue weighted by molar-refractivity contribution is 6.08. The number of hydrogen-bond donors (Lipinski definition) is 3. The van der Waals surface area contributed by atoms with E-state index in [1.807, 2.05) is 48.5 Å². The minimum Gasteiger partial charge on any atom is -0.351 e. The molecule has 100 valence electrons. The quantitative estimate of drug-likeness (QED) is 0.742. The van der Waals surface area contributed by atoms with Gasteiger partial charge in [0.1, 0.15) is 0 Å². The van der Waals surface area contributed by atoms with E-state index in [0.29, 0.717) is 5.56 Å². The van der Waals surface area contributed by atoms with Crippen molar-refractivity contribution in [2.75, 3.05) is 5.32 Å². The Labute approximate surface area is 116 Å². The van der Waals surface area contributed by atoms with Crippen LogP contribution < -0.4 is 16.0 Å². The average molecular weight is 267 g/mol. The molecule has 0 aromatic heterocycles. The van der Waals surface area contributed by atoms with Crippen LogP contribution >= 0.6 is 0 Å². The first-order valence-corrected chi connectivity index (χ1v) is 6.23. The number of carbonyl (C=O) groups is 2. The second-order valence-electron chi connectivity index (χ2n) is 4.52. The van der Waals surface area contributed by atoms with Gasteiger partial charge in [0, 0.05) is 11.3 Å². The fourth-order valence-electron chi connectivity index (χ4n) is 2.24. The van der Waals surface area contributed by atoms with E-state index in [0.717, 1.165) is 5.69 Å². The van der Waals surface area contributed by atoms with Crippen molar-refractivity contribution >= 4 is 17.6 Å². The van der Waals surface area contributed by atoms with Gasteiger partial charge >= 0.3 is 6.03 Å². The SMILES string of the molecule is O=C1NC(=O)C(Nc2ccccc2)(c2ccccc2)N1. The van der Waals surface area contributed by atoms with Crippen molar-refractivity contribution in [3.63, 3.8) is 0 Å². The smallest absolute Gasteiger partial charge is 0.324 e. The predicted octanol–water partition coefficient (Wildman–Crippen LogP) is 1.79. The number of anilines is 1. The lowest BCUT2D eigenvalue weighted by molar-refractivity contribution is -0.123. The van der Waals surface area contributed by atoms with Crippen molar-refractivity contribution in [3.8, 4) is 0 Å². The van der Waals surface area contributed by atoms with Gasteiger partial charge in [-0.25, -0.2) is 4.79 Å².